The number of hydrazone groups is 1. The van der Waals surface area contributed by atoms with Crippen molar-refractivity contribution >= 4 is 40.5 Å². The summed E-state index contributed by atoms with van der Waals surface area (Å²) in [5.74, 6) is -0.434. The first-order chi connectivity index (χ1) is 16.9. The molecular formula is C27H28ClN3O3S. The van der Waals surface area contributed by atoms with Crippen LogP contribution in [0.4, 0.5) is 0 Å². The Kier molecular flexibility index (Phi) is 8.00. The number of benzene rings is 2. The van der Waals surface area contributed by atoms with E-state index in [2.05, 4.69) is 26.0 Å². The highest BCUT2D eigenvalue weighted by Crippen LogP contribution is 2.34. The Morgan fingerprint density at radius 1 is 1.14 bits per heavy atom. The van der Waals surface area contributed by atoms with E-state index in [1.54, 1.807) is 13.2 Å². The molecule has 2 aromatic carbocycles. The molecule has 0 radical (unpaired) electrons. The van der Waals surface area contributed by atoms with Crippen molar-refractivity contribution in [3.05, 3.63) is 92.1 Å². The van der Waals surface area contributed by atoms with Crippen LogP contribution in [-0.2, 0) is 9.53 Å². The van der Waals surface area contributed by atoms with Crippen LogP contribution in [0.2, 0.25) is 5.02 Å². The molecule has 1 aromatic heterocycles. The van der Waals surface area contributed by atoms with E-state index in [0.717, 1.165) is 16.8 Å². The van der Waals surface area contributed by atoms with Gasteiger partial charge < -0.3 is 9.64 Å². The molecule has 0 saturated carbocycles. The molecule has 0 unspecified atom stereocenters. The zero-order chi connectivity index (χ0) is 24.9. The third-order valence-electron chi connectivity index (χ3n) is 6.17. The fourth-order valence-electron chi connectivity index (χ4n) is 4.03. The van der Waals surface area contributed by atoms with Gasteiger partial charge in [-0.2, -0.15) is 5.10 Å². The molecule has 0 saturated heterocycles. The first-order valence-corrected chi connectivity index (χ1v) is 12.7. The van der Waals surface area contributed by atoms with Crippen LogP contribution in [0, 0.1) is 13.8 Å². The molecule has 3 aromatic rings. The maximum atomic E-state index is 13.6. The minimum Gasteiger partial charge on any atom is -0.383 e. The van der Waals surface area contributed by atoms with E-state index in [4.69, 9.17) is 21.4 Å². The van der Waals surface area contributed by atoms with Crippen LogP contribution in [0.15, 0.2) is 65.1 Å². The van der Waals surface area contributed by atoms with Gasteiger partial charge >= 0.3 is 0 Å². The second-order valence-electron chi connectivity index (χ2n) is 8.55. The van der Waals surface area contributed by atoms with Gasteiger partial charge in [0.2, 0.25) is 0 Å². The molecule has 2 amide bonds. The lowest BCUT2D eigenvalue weighted by molar-refractivity contribution is -0.133. The number of ether oxygens (including phenoxy) is 1. The number of hydrogen-bond acceptors (Lipinski definition) is 5. The van der Waals surface area contributed by atoms with Crippen LogP contribution < -0.4 is 0 Å². The Labute approximate surface area is 214 Å². The third-order valence-corrected chi connectivity index (χ3v) is 7.28. The van der Waals surface area contributed by atoms with Crippen molar-refractivity contribution in [3.8, 4) is 0 Å². The molecule has 0 aliphatic carbocycles. The van der Waals surface area contributed by atoms with Crippen molar-refractivity contribution in [2.45, 2.75) is 26.3 Å². The number of amides is 2. The van der Waals surface area contributed by atoms with Crippen molar-refractivity contribution in [3.63, 3.8) is 0 Å². The standard InChI is InChI=1S/C27H28ClN3O3S/c1-18-6-7-21(15-19(18)2)23-16-24(20-8-10-22(28)11-9-20)31(29-23)26(32)17-30(12-13-34-3)27(33)25-5-4-14-35-25/h4-11,14-15,24H,12-13,16-17H2,1-3H3/t24-/m0/s1. The Balaban J connectivity index is 1.63. The number of carbonyl (C=O) groups excluding carboxylic acids is 2. The maximum Gasteiger partial charge on any atom is 0.264 e. The molecule has 6 nitrogen and oxygen atoms in total. The number of aryl methyl sites for hydroxylation is 2. The Bertz CT molecular complexity index is 1220. The van der Waals surface area contributed by atoms with Crippen molar-refractivity contribution in [1.29, 1.82) is 0 Å². The number of thiophene rings is 1. The van der Waals surface area contributed by atoms with Gasteiger partial charge in [-0.1, -0.05) is 41.9 Å². The topological polar surface area (TPSA) is 62.2 Å². The fraction of sp³-hybridized carbons (Fsp3) is 0.296. The highest BCUT2D eigenvalue weighted by molar-refractivity contribution is 7.12. The molecule has 0 fully saturated rings. The Morgan fingerprint density at radius 3 is 2.57 bits per heavy atom. The van der Waals surface area contributed by atoms with Gasteiger partial charge in [0.15, 0.2) is 0 Å². The van der Waals surface area contributed by atoms with Gasteiger partial charge in [0.1, 0.15) is 6.54 Å². The van der Waals surface area contributed by atoms with Gasteiger partial charge in [-0.05, 0) is 65.7 Å². The van der Waals surface area contributed by atoms with Crippen molar-refractivity contribution < 1.29 is 14.3 Å². The summed E-state index contributed by atoms with van der Waals surface area (Å²) >= 11 is 7.46. The Morgan fingerprint density at radius 2 is 1.91 bits per heavy atom. The number of carbonyl (C=O) groups is 2. The van der Waals surface area contributed by atoms with Crippen molar-refractivity contribution in [1.82, 2.24) is 9.91 Å². The zero-order valence-electron chi connectivity index (χ0n) is 20.0. The van der Waals surface area contributed by atoms with Gasteiger partial charge in [-0.15, -0.1) is 11.3 Å². The van der Waals surface area contributed by atoms with E-state index >= 15 is 0 Å². The van der Waals surface area contributed by atoms with Gasteiger partial charge in [0.05, 0.1) is 23.2 Å². The smallest absolute Gasteiger partial charge is 0.264 e. The molecule has 1 aliphatic heterocycles. The summed E-state index contributed by atoms with van der Waals surface area (Å²) in [7, 11) is 1.58. The molecule has 0 spiro atoms. The van der Waals surface area contributed by atoms with Crippen LogP contribution in [0.5, 0.6) is 0 Å². The van der Waals surface area contributed by atoms with Crippen LogP contribution >= 0.6 is 22.9 Å². The lowest BCUT2D eigenvalue weighted by Crippen LogP contribution is -2.42. The van der Waals surface area contributed by atoms with Gasteiger partial charge in [-0.25, -0.2) is 5.01 Å². The summed E-state index contributed by atoms with van der Waals surface area (Å²) in [6, 6.07) is 17.0. The van der Waals surface area contributed by atoms with E-state index in [1.165, 1.54) is 32.4 Å². The third kappa shape index (κ3) is 5.81. The van der Waals surface area contributed by atoms with Gasteiger partial charge in [-0.3, -0.25) is 9.59 Å². The zero-order valence-corrected chi connectivity index (χ0v) is 21.6. The molecule has 182 valence electrons. The number of nitrogens with zero attached hydrogens (tertiary/aromatic N) is 3. The molecule has 4 rings (SSSR count). The highest BCUT2D eigenvalue weighted by Gasteiger charge is 2.34. The summed E-state index contributed by atoms with van der Waals surface area (Å²) in [5, 5.41) is 8.77. The second kappa shape index (κ2) is 11.2. The van der Waals surface area contributed by atoms with E-state index in [0.29, 0.717) is 29.5 Å². The minimum atomic E-state index is -0.280. The molecule has 1 atom stereocenters. The number of methoxy groups -OCH3 is 1. The first kappa shape index (κ1) is 25.1. The normalized spacial score (nSPS) is 15.3. The van der Waals surface area contributed by atoms with Crippen molar-refractivity contribution in [2.75, 3.05) is 26.8 Å². The highest BCUT2D eigenvalue weighted by atomic mass is 35.5. The second-order valence-corrected chi connectivity index (χ2v) is 9.94. The van der Waals surface area contributed by atoms with Crippen LogP contribution in [0.3, 0.4) is 0 Å². The summed E-state index contributed by atoms with van der Waals surface area (Å²) in [5.41, 5.74) is 5.15. The quantitative estimate of drug-likeness (QED) is 0.403. The lowest BCUT2D eigenvalue weighted by Gasteiger charge is -2.26. The molecule has 1 aliphatic rings. The summed E-state index contributed by atoms with van der Waals surface area (Å²) in [6.07, 6.45) is 0.576. The summed E-state index contributed by atoms with van der Waals surface area (Å²) < 4.78 is 5.19. The monoisotopic (exact) mass is 509 g/mol. The fourth-order valence-corrected chi connectivity index (χ4v) is 4.84. The average molecular weight is 510 g/mol. The number of halogens is 1. The van der Waals surface area contributed by atoms with Gasteiger partial charge in [0.25, 0.3) is 11.8 Å². The van der Waals surface area contributed by atoms with Crippen LogP contribution in [-0.4, -0.2) is 54.2 Å². The Hall–Kier alpha value is -3.00. The predicted octanol–water partition coefficient (Wildman–Crippen LogP) is 5.48. The average Bonchev–Trinajstić information content (AvgIpc) is 3.54. The summed E-state index contributed by atoms with van der Waals surface area (Å²) in [6.45, 7) is 4.70. The molecule has 0 bridgehead atoms. The molecule has 0 N–H and O–H groups in total. The lowest BCUT2D eigenvalue weighted by atomic mass is 9.96. The SMILES string of the molecule is COCCN(CC(=O)N1N=C(c2ccc(C)c(C)c2)C[C@H]1c1ccc(Cl)cc1)C(=O)c1cccs1. The predicted molar refractivity (Wildman–Crippen MR) is 140 cm³/mol. The minimum absolute atomic E-state index is 0.0894. The van der Waals surface area contributed by atoms with Crippen LogP contribution in [0.1, 0.15) is 44.4 Å². The molecule has 8 heteroatoms. The van der Waals surface area contributed by atoms with E-state index < -0.39 is 0 Å². The number of rotatable bonds is 8. The van der Waals surface area contributed by atoms with E-state index in [9.17, 15) is 9.59 Å². The maximum absolute atomic E-state index is 13.6. The van der Waals surface area contributed by atoms with Gasteiger partial charge in [0, 0.05) is 25.1 Å². The van der Waals surface area contributed by atoms with Crippen LogP contribution in [0.25, 0.3) is 0 Å². The molecular weight excluding hydrogens is 482 g/mol. The summed E-state index contributed by atoms with van der Waals surface area (Å²) in [4.78, 5) is 28.8. The number of hydrogen-bond donors (Lipinski definition) is 0. The van der Waals surface area contributed by atoms with E-state index in [1.807, 2.05) is 41.8 Å². The molecule has 35 heavy (non-hydrogen) atoms. The van der Waals surface area contributed by atoms with E-state index in [-0.39, 0.29) is 24.4 Å². The molecule has 2 heterocycles. The van der Waals surface area contributed by atoms with Crippen molar-refractivity contribution in [2.24, 2.45) is 5.10 Å². The largest absolute Gasteiger partial charge is 0.383 e. The first-order valence-electron chi connectivity index (χ1n) is 11.4.